The molecular weight excluding hydrogens is 412 g/mol. The van der Waals surface area contributed by atoms with Crippen LogP contribution in [-0.4, -0.2) is 42.3 Å². The smallest absolute Gasteiger partial charge is 0.251 e. The van der Waals surface area contributed by atoms with Gasteiger partial charge in [0.15, 0.2) is 0 Å². The largest absolute Gasteiger partial charge is 0.355 e. The number of hydrogen-bond acceptors (Lipinski definition) is 5. The minimum Gasteiger partial charge on any atom is -0.355 e. The van der Waals surface area contributed by atoms with Gasteiger partial charge >= 0.3 is 0 Å². The fourth-order valence-corrected chi connectivity index (χ4v) is 4.54. The Kier molecular flexibility index (Phi) is 6.57. The minimum absolute atomic E-state index is 0.0771. The zero-order valence-corrected chi connectivity index (χ0v) is 17.9. The van der Waals surface area contributed by atoms with E-state index in [4.69, 9.17) is 0 Å². The highest BCUT2D eigenvalue weighted by Crippen LogP contribution is 2.22. The Morgan fingerprint density at radius 3 is 2.61 bits per heavy atom. The second-order valence-electron chi connectivity index (χ2n) is 7.41. The van der Waals surface area contributed by atoms with E-state index < -0.39 is 0 Å². The number of aromatic nitrogens is 1. The molecule has 3 amide bonds. The molecule has 160 valence electrons. The summed E-state index contributed by atoms with van der Waals surface area (Å²) in [6.45, 7) is 1.17. The zero-order valence-electron chi connectivity index (χ0n) is 17.1. The van der Waals surface area contributed by atoms with Crippen LogP contribution in [0.2, 0.25) is 0 Å². The maximum atomic E-state index is 12.3. The molecule has 0 unspecified atom stereocenters. The summed E-state index contributed by atoms with van der Waals surface area (Å²) >= 11 is 1.67. The van der Waals surface area contributed by atoms with Crippen molar-refractivity contribution >= 4 is 45.0 Å². The van der Waals surface area contributed by atoms with Crippen molar-refractivity contribution in [3.63, 3.8) is 0 Å². The van der Waals surface area contributed by atoms with Crippen LogP contribution in [0.1, 0.15) is 34.6 Å². The molecule has 0 bridgehead atoms. The van der Waals surface area contributed by atoms with Crippen molar-refractivity contribution in [1.29, 1.82) is 0 Å². The first-order valence-electron chi connectivity index (χ1n) is 10.4. The first-order valence-corrected chi connectivity index (χ1v) is 11.2. The summed E-state index contributed by atoms with van der Waals surface area (Å²) in [6, 6.07) is 14.9. The van der Waals surface area contributed by atoms with E-state index in [2.05, 4.69) is 21.7 Å². The Morgan fingerprint density at radius 2 is 1.87 bits per heavy atom. The lowest BCUT2D eigenvalue weighted by Gasteiger charge is -2.15. The van der Waals surface area contributed by atoms with E-state index in [-0.39, 0.29) is 24.3 Å². The third-order valence-electron chi connectivity index (χ3n) is 5.15. The molecule has 0 aliphatic carbocycles. The molecule has 0 atom stereocenters. The molecule has 2 N–H and O–H groups in total. The van der Waals surface area contributed by atoms with Gasteiger partial charge in [-0.05, 0) is 49.2 Å². The van der Waals surface area contributed by atoms with Gasteiger partial charge in [-0.3, -0.25) is 14.4 Å². The van der Waals surface area contributed by atoms with Gasteiger partial charge in [0.25, 0.3) is 5.91 Å². The Balaban J connectivity index is 1.17. The fraction of sp³-hybridized carbons (Fsp3) is 0.304. The van der Waals surface area contributed by atoms with Crippen LogP contribution in [0.15, 0.2) is 48.5 Å². The van der Waals surface area contributed by atoms with Crippen molar-refractivity contribution in [3.8, 4) is 0 Å². The second kappa shape index (κ2) is 9.70. The first-order chi connectivity index (χ1) is 15.1. The monoisotopic (exact) mass is 436 g/mol. The molecule has 0 saturated carbocycles. The highest BCUT2D eigenvalue weighted by Gasteiger charge is 2.21. The fourth-order valence-electron chi connectivity index (χ4n) is 3.53. The zero-order chi connectivity index (χ0) is 21.6. The van der Waals surface area contributed by atoms with Crippen LogP contribution in [0.4, 0.5) is 5.69 Å². The standard InChI is InChI=1S/C23H24N4O3S/c28-20(24-13-3-7-21-26-18-5-1-2-6-19(18)31-21)15-25-23(30)16-9-11-17(12-10-16)27-14-4-8-22(27)29/h1-2,5-6,9-12H,3-4,7-8,13-15H2,(H,24,28)(H,25,30). The lowest BCUT2D eigenvalue weighted by molar-refractivity contribution is -0.120. The number of nitrogens with one attached hydrogen (secondary N) is 2. The lowest BCUT2D eigenvalue weighted by atomic mass is 10.2. The van der Waals surface area contributed by atoms with E-state index in [9.17, 15) is 14.4 Å². The number of hydrogen-bond donors (Lipinski definition) is 2. The van der Waals surface area contributed by atoms with E-state index in [0.717, 1.165) is 35.5 Å². The number of rotatable bonds is 8. The Hall–Kier alpha value is -3.26. The number of thiazole rings is 1. The van der Waals surface area contributed by atoms with Gasteiger partial charge in [-0.2, -0.15) is 0 Å². The van der Waals surface area contributed by atoms with E-state index in [0.29, 0.717) is 25.1 Å². The maximum absolute atomic E-state index is 12.3. The number of fused-ring (bicyclic) bond motifs is 1. The van der Waals surface area contributed by atoms with Crippen LogP contribution < -0.4 is 15.5 Å². The van der Waals surface area contributed by atoms with E-state index in [1.165, 1.54) is 4.70 Å². The van der Waals surface area contributed by atoms with Crippen LogP contribution in [0.3, 0.4) is 0 Å². The molecule has 1 fully saturated rings. The molecule has 1 aromatic heterocycles. The normalized spacial score (nSPS) is 13.5. The molecule has 0 spiro atoms. The van der Waals surface area contributed by atoms with Gasteiger partial charge < -0.3 is 15.5 Å². The number of amides is 3. The van der Waals surface area contributed by atoms with Crippen molar-refractivity contribution in [2.45, 2.75) is 25.7 Å². The predicted octanol–water partition coefficient (Wildman–Crippen LogP) is 2.90. The third kappa shape index (κ3) is 5.27. The van der Waals surface area contributed by atoms with E-state index in [1.54, 1.807) is 40.5 Å². The highest BCUT2D eigenvalue weighted by atomic mass is 32.1. The van der Waals surface area contributed by atoms with Gasteiger partial charge in [-0.15, -0.1) is 11.3 Å². The van der Waals surface area contributed by atoms with Gasteiger partial charge in [0.05, 0.1) is 21.8 Å². The molecule has 0 radical (unpaired) electrons. The lowest BCUT2D eigenvalue weighted by Crippen LogP contribution is -2.37. The van der Waals surface area contributed by atoms with Gasteiger partial charge in [0.2, 0.25) is 11.8 Å². The number of carbonyl (C=O) groups excluding carboxylic acids is 3. The molecule has 1 aliphatic rings. The number of carbonyl (C=O) groups is 3. The molecule has 2 heterocycles. The molecule has 7 nitrogen and oxygen atoms in total. The Morgan fingerprint density at radius 1 is 1.06 bits per heavy atom. The second-order valence-corrected chi connectivity index (χ2v) is 8.52. The maximum Gasteiger partial charge on any atom is 0.251 e. The molecule has 31 heavy (non-hydrogen) atoms. The summed E-state index contributed by atoms with van der Waals surface area (Å²) in [4.78, 5) is 42.4. The predicted molar refractivity (Wildman–Crippen MR) is 121 cm³/mol. The Labute approximate surface area is 184 Å². The summed E-state index contributed by atoms with van der Waals surface area (Å²) < 4.78 is 1.17. The molecular formula is C23H24N4O3S. The number of para-hydroxylation sites is 1. The number of aryl methyl sites for hydroxylation is 1. The summed E-state index contributed by atoms with van der Waals surface area (Å²) in [5.41, 5.74) is 2.26. The molecule has 1 aliphatic heterocycles. The van der Waals surface area contributed by atoms with Gasteiger partial charge in [-0.1, -0.05) is 12.1 Å². The number of anilines is 1. The Bertz CT molecular complexity index is 1060. The SMILES string of the molecule is O=C(CNC(=O)c1ccc(N2CCCC2=O)cc1)NCCCc1nc2ccccc2s1. The summed E-state index contributed by atoms with van der Waals surface area (Å²) in [7, 11) is 0. The quantitative estimate of drug-likeness (QED) is 0.531. The summed E-state index contributed by atoms with van der Waals surface area (Å²) in [6.07, 6.45) is 3.02. The number of nitrogens with zero attached hydrogens (tertiary/aromatic N) is 2. The van der Waals surface area contributed by atoms with E-state index >= 15 is 0 Å². The topological polar surface area (TPSA) is 91.4 Å². The summed E-state index contributed by atoms with van der Waals surface area (Å²) in [5.74, 6) is -0.433. The van der Waals surface area contributed by atoms with Crippen LogP contribution in [-0.2, 0) is 16.0 Å². The molecule has 2 aromatic carbocycles. The molecule has 4 rings (SSSR count). The van der Waals surface area contributed by atoms with Crippen molar-refractivity contribution < 1.29 is 14.4 Å². The number of benzene rings is 2. The van der Waals surface area contributed by atoms with Crippen LogP contribution in [0, 0.1) is 0 Å². The minimum atomic E-state index is -0.316. The van der Waals surface area contributed by atoms with Crippen molar-refractivity contribution in [1.82, 2.24) is 15.6 Å². The third-order valence-corrected chi connectivity index (χ3v) is 6.25. The molecule has 3 aromatic rings. The van der Waals surface area contributed by atoms with Gasteiger partial charge in [-0.25, -0.2) is 4.98 Å². The average Bonchev–Trinajstić information content (AvgIpc) is 3.40. The van der Waals surface area contributed by atoms with E-state index in [1.807, 2.05) is 18.2 Å². The molecule has 1 saturated heterocycles. The van der Waals surface area contributed by atoms with Crippen LogP contribution >= 0.6 is 11.3 Å². The molecule has 8 heteroatoms. The van der Waals surface area contributed by atoms with Crippen molar-refractivity contribution in [2.24, 2.45) is 0 Å². The van der Waals surface area contributed by atoms with Crippen LogP contribution in [0.5, 0.6) is 0 Å². The average molecular weight is 437 g/mol. The highest BCUT2D eigenvalue weighted by molar-refractivity contribution is 7.18. The first kappa shape index (κ1) is 21.0. The van der Waals surface area contributed by atoms with Gasteiger partial charge in [0, 0.05) is 37.2 Å². The van der Waals surface area contributed by atoms with Gasteiger partial charge in [0.1, 0.15) is 0 Å². The van der Waals surface area contributed by atoms with Crippen LogP contribution in [0.25, 0.3) is 10.2 Å². The summed E-state index contributed by atoms with van der Waals surface area (Å²) in [5, 5.41) is 6.51. The van der Waals surface area contributed by atoms with Crippen molar-refractivity contribution in [3.05, 3.63) is 59.1 Å². The van der Waals surface area contributed by atoms with Crippen molar-refractivity contribution in [2.75, 3.05) is 24.5 Å².